The van der Waals surface area contributed by atoms with E-state index in [0.717, 1.165) is 29.2 Å². The highest BCUT2D eigenvalue weighted by molar-refractivity contribution is 7.98. The van der Waals surface area contributed by atoms with Crippen LogP contribution < -0.4 is 5.73 Å². The van der Waals surface area contributed by atoms with Crippen molar-refractivity contribution in [3.05, 3.63) is 41.2 Å². The van der Waals surface area contributed by atoms with Crippen molar-refractivity contribution in [2.75, 3.05) is 5.75 Å². The van der Waals surface area contributed by atoms with E-state index in [-0.39, 0.29) is 6.04 Å². The van der Waals surface area contributed by atoms with Crippen molar-refractivity contribution >= 4 is 23.4 Å². The molecule has 0 saturated carbocycles. The lowest BCUT2D eigenvalue weighted by atomic mass is 10.2. The first-order chi connectivity index (χ1) is 9.19. The fraction of sp³-hybridized carbons (Fsp3) is 0.357. The van der Waals surface area contributed by atoms with Crippen LogP contribution in [0.2, 0.25) is 5.02 Å². The van der Waals surface area contributed by atoms with Crippen LogP contribution in [0.15, 0.2) is 34.9 Å². The second-order valence-corrected chi connectivity index (χ2v) is 5.80. The second-order valence-electron chi connectivity index (χ2n) is 4.33. The largest absolute Gasteiger partial charge is 0.444 e. The molecule has 1 aromatic heterocycles. The van der Waals surface area contributed by atoms with Gasteiger partial charge in [-0.05, 0) is 30.7 Å². The predicted molar refractivity (Wildman–Crippen MR) is 81.4 cm³/mol. The van der Waals surface area contributed by atoms with Gasteiger partial charge < -0.3 is 10.2 Å². The van der Waals surface area contributed by atoms with Gasteiger partial charge in [-0.1, -0.05) is 18.5 Å². The van der Waals surface area contributed by atoms with Crippen LogP contribution in [0.1, 0.15) is 19.0 Å². The highest BCUT2D eigenvalue weighted by Crippen LogP contribution is 2.22. The molecule has 19 heavy (non-hydrogen) atoms. The number of aromatic nitrogens is 1. The van der Waals surface area contributed by atoms with Crippen molar-refractivity contribution in [1.29, 1.82) is 0 Å². The van der Waals surface area contributed by atoms with E-state index in [1.807, 2.05) is 24.3 Å². The summed E-state index contributed by atoms with van der Waals surface area (Å²) in [6, 6.07) is 7.72. The molecule has 0 aliphatic carbocycles. The lowest BCUT2D eigenvalue weighted by Gasteiger charge is -2.05. The molecule has 102 valence electrons. The molecule has 0 radical (unpaired) electrons. The van der Waals surface area contributed by atoms with Gasteiger partial charge in [0, 0.05) is 28.1 Å². The fourth-order valence-corrected chi connectivity index (χ4v) is 2.66. The molecule has 2 rings (SSSR count). The van der Waals surface area contributed by atoms with E-state index in [9.17, 15) is 0 Å². The summed E-state index contributed by atoms with van der Waals surface area (Å²) in [5.74, 6) is 2.40. The Bertz CT molecular complexity index is 512. The molecule has 0 spiro atoms. The minimum absolute atomic E-state index is 0.257. The summed E-state index contributed by atoms with van der Waals surface area (Å²) < 4.78 is 5.48. The molecule has 1 atom stereocenters. The molecule has 1 heterocycles. The monoisotopic (exact) mass is 296 g/mol. The zero-order chi connectivity index (χ0) is 13.7. The molecule has 0 bridgehead atoms. The summed E-state index contributed by atoms with van der Waals surface area (Å²) in [7, 11) is 0. The Balaban J connectivity index is 1.93. The number of nitrogens with zero attached hydrogens (tertiary/aromatic N) is 1. The maximum absolute atomic E-state index is 5.87. The lowest BCUT2D eigenvalue weighted by Crippen LogP contribution is -2.21. The third-order valence-corrected chi connectivity index (χ3v) is 4.16. The Morgan fingerprint density at radius 1 is 1.37 bits per heavy atom. The molecule has 3 nitrogen and oxygen atoms in total. The third kappa shape index (κ3) is 4.27. The standard InChI is InChI=1S/C14H17ClN2OS/c1-2-12(16)8-19-9-13-7-18-14(17-13)10-3-5-11(15)6-4-10/h3-7,12H,2,8-9,16H2,1H3. The average molecular weight is 297 g/mol. The smallest absolute Gasteiger partial charge is 0.226 e. The average Bonchev–Trinajstić information content (AvgIpc) is 2.88. The molecule has 2 aromatic rings. The van der Waals surface area contributed by atoms with Crippen LogP contribution in [-0.2, 0) is 5.75 Å². The van der Waals surface area contributed by atoms with Crippen LogP contribution >= 0.6 is 23.4 Å². The summed E-state index contributed by atoms with van der Waals surface area (Å²) in [6.45, 7) is 2.10. The van der Waals surface area contributed by atoms with Gasteiger partial charge in [0.1, 0.15) is 6.26 Å². The first-order valence-electron chi connectivity index (χ1n) is 6.22. The van der Waals surface area contributed by atoms with Crippen LogP contribution in [0.25, 0.3) is 11.5 Å². The van der Waals surface area contributed by atoms with Gasteiger partial charge in [0.15, 0.2) is 0 Å². The van der Waals surface area contributed by atoms with E-state index in [0.29, 0.717) is 10.9 Å². The van der Waals surface area contributed by atoms with Gasteiger partial charge in [-0.3, -0.25) is 0 Å². The molecule has 1 unspecified atom stereocenters. The van der Waals surface area contributed by atoms with Gasteiger partial charge >= 0.3 is 0 Å². The molecule has 2 N–H and O–H groups in total. The van der Waals surface area contributed by atoms with Crippen molar-refractivity contribution in [2.45, 2.75) is 25.1 Å². The number of nitrogens with two attached hydrogens (primary N) is 1. The summed E-state index contributed by atoms with van der Waals surface area (Å²) in [6.07, 6.45) is 2.70. The second kappa shape index (κ2) is 6.98. The quantitative estimate of drug-likeness (QED) is 0.876. The maximum Gasteiger partial charge on any atom is 0.226 e. The van der Waals surface area contributed by atoms with Crippen LogP contribution in [-0.4, -0.2) is 16.8 Å². The van der Waals surface area contributed by atoms with Crippen molar-refractivity contribution < 1.29 is 4.42 Å². The van der Waals surface area contributed by atoms with E-state index in [1.165, 1.54) is 0 Å². The number of oxazole rings is 1. The molecule has 0 fully saturated rings. The minimum atomic E-state index is 0.257. The van der Waals surface area contributed by atoms with Crippen molar-refractivity contribution in [3.8, 4) is 11.5 Å². The van der Waals surface area contributed by atoms with Crippen LogP contribution in [0.3, 0.4) is 0 Å². The Labute approximate surface area is 122 Å². The Morgan fingerprint density at radius 2 is 2.11 bits per heavy atom. The van der Waals surface area contributed by atoms with E-state index in [1.54, 1.807) is 18.0 Å². The number of thioether (sulfide) groups is 1. The van der Waals surface area contributed by atoms with Crippen molar-refractivity contribution in [1.82, 2.24) is 4.98 Å². The van der Waals surface area contributed by atoms with Gasteiger partial charge in [-0.25, -0.2) is 4.98 Å². The first kappa shape index (κ1) is 14.4. The molecule has 5 heteroatoms. The SMILES string of the molecule is CCC(N)CSCc1coc(-c2ccc(Cl)cc2)n1. The Kier molecular flexibility index (Phi) is 5.31. The number of rotatable bonds is 6. The summed E-state index contributed by atoms with van der Waals surface area (Å²) in [5.41, 5.74) is 7.75. The van der Waals surface area contributed by atoms with Gasteiger partial charge in [0.2, 0.25) is 5.89 Å². The number of hydrogen-bond donors (Lipinski definition) is 1. The normalized spacial score (nSPS) is 12.6. The summed E-state index contributed by atoms with van der Waals surface area (Å²) >= 11 is 7.63. The zero-order valence-corrected chi connectivity index (χ0v) is 12.4. The molecule has 0 aliphatic rings. The lowest BCUT2D eigenvalue weighted by molar-refractivity contribution is 0.573. The predicted octanol–water partition coefficient (Wildman–Crippen LogP) is 3.97. The third-order valence-electron chi connectivity index (χ3n) is 2.75. The van der Waals surface area contributed by atoms with Gasteiger partial charge in [0.05, 0.1) is 5.69 Å². The molecule has 1 aromatic carbocycles. The Morgan fingerprint density at radius 3 is 2.79 bits per heavy atom. The van der Waals surface area contributed by atoms with E-state index < -0.39 is 0 Å². The van der Waals surface area contributed by atoms with Crippen LogP contribution in [0, 0.1) is 0 Å². The highest BCUT2D eigenvalue weighted by Gasteiger charge is 2.07. The van der Waals surface area contributed by atoms with E-state index >= 15 is 0 Å². The number of hydrogen-bond acceptors (Lipinski definition) is 4. The minimum Gasteiger partial charge on any atom is -0.444 e. The Hall–Kier alpha value is -0.970. The molecule has 0 aliphatic heterocycles. The molecule has 0 amide bonds. The van der Waals surface area contributed by atoms with Crippen LogP contribution in [0.5, 0.6) is 0 Å². The van der Waals surface area contributed by atoms with E-state index in [4.69, 9.17) is 21.8 Å². The summed E-state index contributed by atoms with van der Waals surface area (Å²) in [5, 5.41) is 0.708. The highest BCUT2D eigenvalue weighted by atomic mass is 35.5. The maximum atomic E-state index is 5.87. The van der Waals surface area contributed by atoms with E-state index in [2.05, 4.69) is 11.9 Å². The fourth-order valence-electron chi connectivity index (χ4n) is 1.53. The zero-order valence-electron chi connectivity index (χ0n) is 10.8. The molecule has 0 saturated heterocycles. The first-order valence-corrected chi connectivity index (χ1v) is 7.76. The summed E-state index contributed by atoms with van der Waals surface area (Å²) in [4.78, 5) is 4.46. The molecular weight excluding hydrogens is 280 g/mol. The number of halogens is 1. The van der Waals surface area contributed by atoms with Gasteiger partial charge in [-0.2, -0.15) is 11.8 Å². The topological polar surface area (TPSA) is 52.0 Å². The number of benzene rings is 1. The van der Waals surface area contributed by atoms with Crippen LogP contribution in [0.4, 0.5) is 0 Å². The van der Waals surface area contributed by atoms with Crippen molar-refractivity contribution in [3.63, 3.8) is 0 Å². The molecular formula is C14H17ClN2OS. The van der Waals surface area contributed by atoms with Gasteiger partial charge in [-0.15, -0.1) is 0 Å². The van der Waals surface area contributed by atoms with Crippen molar-refractivity contribution in [2.24, 2.45) is 5.73 Å². The van der Waals surface area contributed by atoms with Gasteiger partial charge in [0.25, 0.3) is 0 Å².